The second-order valence-electron chi connectivity index (χ2n) is 5.77. The zero-order valence-corrected chi connectivity index (χ0v) is 11.9. The average molecular weight is 261 g/mol. The summed E-state index contributed by atoms with van der Waals surface area (Å²) in [5.41, 5.74) is 2.88. The molecule has 1 aromatic carbocycles. The van der Waals surface area contributed by atoms with Crippen LogP contribution in [0, 0.1) is 12.8 Å². The summed E-state index contributed by atoms with van der Waals surface area (Å²) >= 11 is 0. The Bertz CT molecular complexity index is 456. The van der Waals surface area contributed by atoms with E-state index in [-0.39, 0.29) is 5.78 Å². The fourth-order valence-corrected chi connectivity index (χ4v) is 2.89. The average Bonchev–Trinajstić information content (AvgIpc) is 2.37. The van der Waals surface area contributed by atoms with Crippen LogP contribution in [0.4, 0.5) is 0 Å². The highest BCUT2D eigenvalue weighted by Gasteiger charge is 2.17. The van der Waals surface area contributed by atoms with Gasteiger partial charge in [-0.1, -0.05) is 18.6 Å². The van der Waals surface area contributed by atoms with Crippen LogP contribution in [0.2, 0.25) is 0 Å². The Kier molecular flexibility index (Phi) is 4.72. The van der Waals surface area contributed by atoms with Crippen LogP contribution in [-0.2, 0) is 6.54 Å². The third-order valence-electron chi connectivity index (χ3n) is 3.75. The zero-order valence-electron chi connectivity index (χ0n) is 11.9. The molecule has 104 valence electrons. The van der Waals surface area contributed by atoms with Crippen LogP contribution in [-0.4, -0.2) is 35.5 Å². The number of aryl methyl sites for hydroxylation is 1. The summed E-state index contributed by atoms with van der Waals surface area (Å²) in [6.07, 6.45) is 2.58. The summed E-state index contributed by atoms with van der Waals surface area (Å²) in [5, 5.41) is 8.97. The topological polar surface area (TPSA) is 40.5 Å². The lowest BCUT2D eigenvalue weighted by Gasteiger charge is -2.31. The lowest BCUT2D eigenvalue weighted by molar-refractivity contribution is 0.0903. The second-order valence-corrected chi connectivity index (χ2v) is 5.77. The molecule has 3 nitrogen and oxygen atoms in total. The maximum atomic E-state index is 11.6. The van der Waals surface area contributed by atoms with Crippen molar-refractivity contribution in [3.63, 3.8) is 0 Å². The molecule has 1 aliphatic heterocycles. The van der Waals surface area contributed by atoms with E-state index in [4.69, 9.17) is 5.11 Å². The van der Waals surface area contributed by atoms with Crippen LogP contribution in [0.15, 0.2) is 18.2 Å². The Labute approximate surface area is 115 Å². The number of carbonyl (C=O) groups is 1. The van der Waals surface area contributed by atoms with E-state index in [1.807, 2.05) is 19.1 Å². The third-order valence-corrected chi connectivity index (χ3v) is 3.75. The van der Waals surface area contributed by atoms with Crippen LogP contribution in [0.1, 0.15) is 41.3 Å². The Morgan fingerprint density at radius 3 is 2.89 bits per heavy atom. The molecule has 1 N–H and O–H groups in total. The van der Waals surface area contributed by atoms with Crippen molar-refractivity contribution in [3.05, 3.63) is 34.9 Å². The molecule has 0 unspecified atom stereocenters. The number of hydrogen-bond acceptors (Lipinski definition) is 3. The molecule has 0 radical (unpaired) electrons. The SMILES string of the molecule is Cc1cc(CN2CCC[C@H](C)C2)cc(C(=O)CO)c1. The number of aliphatic hydroxyl groups excluding tert-OH is 1. The van der Waals surface area contributed by atoms with Crippen molar-refractivity contribution in [2.75, 3.05) is 19.7 Å². The van der Waals surface area contributed by atoms with E-state index < -0.39 is 6.61 Å². The maximum Gasteiger partial charge on any atom is 0.188 e. The zero-order chi connectivity index (χ0) is 13.8. The number of hydrogen-bond donors (Lipinski definition) is 1. The van der Waals surface area contributed by atoms with Gasteiger partial charge < -0.3 is 5.11 Å². The molecule has 0 aliphatic carbocycles. The number of aliphatic hydroxyl groups is 1. The van der Waals surface area contributed by atoms with E-state index in [1.165, 1.54) is 18.4 Å². The highest BCUT2D eigenvalue weighted by atomic mass is 16.3. The largest absolute Gasteiger partial charge is 0.388 e. The van der Waals surface area contributed by atoms with Crippen molar-refractivity contribution >= 4 is 5.78 Å². The minimum atomic E-state index is -0.413. The van der Waals surface area contributed by atoms with Gasteiger partial charge in [0.25, 0.3) is 0 Å². The molecule has 0 amide bonds. The second kappa shape index (κ2) is 6.31. The monoisotopic (exact) mass is 261 g/mol. The highest BCUT2D eigenvalue weighted by molar-refractivity contribution is 5.97. The molecule has 1 atom stereocenters. The summed E-state index contributed by atoms with van der Waals surface area (Å²) in [7, 11) is 0. The molecule has 1 aromatic rings. The molecule has 0 aromatic heterocycles. The standard InChI is InChI=1S/C16H23NO2/c1-12-4-3-5-17(9-12)10-14-6-13(2)7-15(8-14)16(19)11-18/h6-8,12,18H,3-5,9-11H2,1-2H3/t12-/m0/s1. The maximum absolute atomic E-state index is 11.6. The number of rotatable bonds is 4. The molecule has 2 rings (SSSR count). The van der Waals surface area contributed by atoms with E-state index in [1.54, 1.807) is 0 Å². The Balaban J connectivity index is 2.11. The molecule has 0 spiro atoms. The molecule has 19 heavy (non-hydrogen) atoms. The molecule has 0 saturated carbocycles. The van der Waals surface area contributed by atoms with Crippen LogP contribution >= 0.6 is 0 Å². The number of carbonyl (C=O) groups excluding carboxylic acids is 1. The van der Waals surface area contributed by atoms with E-state index in [2.05, 4.69) is 17.9 Å². The summed E-state index contributed by atoms with van der Waals surface area (Å²) in [4.78, 5) is 14.1. The van der Waals surface area contributed by atoms with Gasteiger partial charge in [0.1, 0.15) is 6.61 Å². The van der Waals surface area contributed by atoms with E-state index >= 15 is 0 Å². The first-order valence-corrected chi connectivity index (χ1v) is 7.05. The van der Waals surface area contributed by atoms with Gasteiger partial charge in [0.2, 0.25) is 0 Å². The number of piperidine rings is 1. The smallest absolute Gasteiger partial charge is 0.188 e. The first kappa shape index (κ1) is 14.2. The molecular formula is C16H23NO2. The highest BCUT2D eigenvalue weighted by Crippen LogP contribution is 2.19. The summed E-state index contributed by atoms with van der Waals surface area (Å²) < 4.78 is 0. The fourth-order valence-electron chi connectivity index (χ4n) is 2.89. The van der Waals surface area contributed by atoms with Crippen molar-refractivity contribution < 1.29 is 9.90 Å². The number of ketones is 1. The fraction of sp³-hybridized carbons (Fsp3) is 0.562. The van der Waals surface area contributed by atoms with Crippen LogP contribution in [0.5, 0.6) is 0 Å². The van der Waals surface area contributed by atoms with Crippen molar-refractivity contribution in [3.8, 4) is 0 Å². The van der Waals surface area contributed by atoms with Gasteiger partial charge in [-0.25, -0.2) is 0 Å². The van der Waals surface area contributed by atoms with E-state index in [0.29, 0.717) is 5.56 Å². The van der Waals surface area contributed by atoms with E-state index in [0.717, 1.165) is 31.1 Å². The Morgan fingerprint density at radius 2 is 2.21 bits per heavy atom. The summed E-state index contributed by atoms with van der Waals surface area (Å²) in [6.45, 7) is 7.06. The van der Waals surface area contributed by atoms with Gasteiger partial charge in [0, 0.05) is 18.7 Å². The number of benzene rings is 1. The van der Waals surface area contributed by atoms with Crippen molar-refractivity contribution in [2.24, 2.45) is 5.92 Å². The van der Waals surface area contributed by atoms with Crippen molar-refractivity contribution in [1.82, 2.24) is 4.90 Å². The van der Waals surface area contributed by atoms with Gasteiger partial charge in [-0.05, 0) is 49.9 Å². The minimum absolute atomic E-state index is 0.197. The molecule has 1 aliphatic rings. The van der Waals surface area contributed by atoms with Gasteiger partial charge in [-0.3, -0.25) is 9.69 Å². The van der Waals surface area contributed by atoms with Gasteiger partial charge in [0.05, 0.1) is 0 Å². The normalized spacial score (nSPS) is 20.5. The number of Topliss-reactive ketones (excluding diaryl/α,β-unsaturated/α-hetero) is 1. The van der Waals surface area contributed by atoms with Crippen LogP contribution in [0.25, 0.3) is 0 Å². The first-order chi connectivity index (χ1) is 9.08. The summed E-state index contributed by atoms with van der Waals surface area (Å²) in [6, 6.07) is 5.90. The third kappa shape index (κ3) is 3.88. The first-order valence-electron chi connectivity index (χ1n) is 7.05. The lowest BCUT2D eigenvalue weighted by atomic mass is 9.98. The molecule has 1 fully saturated rings. The lowest BCUT2D eigenvalue weighted by Crippen LogP contribution is -2.33. The predicted octanol–water partition coefficient (Wildman–Crippen LogP) is 2.40. The van der Waals surface area contributed by atoms with Gasteiger partial charge >= 0.3 is 0 Å². The summed E-state index contributed by atoms with van der Waals surface area (Å²) in [5.74, 6) is 0.564. The molecule has 0 bridgehead atoms. The Morgan fingerprint density at radius 1 is 1.42 bits per heavy atom. The predicted molar refractivity (Wildman–Crippen MR) is 76.3 cm³/mol. The molecule has 1 saturated heterocycles. The van der Waals surface area contributed by atoms with Gasteiger partial charge in [-0.15, -0.1) is 0 Å². The van der Waals surface area contributed by atoms with Crippen molar-refractivity contribution in [2.45, 2.75) is 33.2 Å². The molecule has 3 heteroatoms. The van der Waals surface area contributed by atoms with Gasteiger partial charge in [-0.2, -0.15) is 0 Å². The number of likely N-dealkylation sites (tertiary alicyclic amines) is 1. The van der Waals surface area contributed by atoms with Gasteiger partial charge in [0.15, 0.2) is 5.78 Å². The van der Waals surface area contributed by atoms with E-state index in [9.17, 15) is 4.79 Å². The van der Waals surface area contributed by atoms with Crippen LogP contribution in [0.3, 0.4) is 0 Å². The van der Waals surface area contributed by atoms with Crippen LogP contribution < -0.4 is 0 Å². The Hall–Kier alpha value is -1.19. The molecule has 1 heterocycles. The quantitative estimate of drug-likeness (QED) is 0.846. The van der Waals surface area contributed by atoms with Crippen molar-refractivity contribution in [1.29, 1.82) is 0 Å². The minimum Gasteiger partial charge on any atom is -0.388 e. The molecular weight excluding hydrogens is 238 g/mol. The number of nitrogens with zero attached hydrogens (tertiary/aromatic N) is 1.